The fourth-order valence-electron chi connectivity index (χ4n) is 4.60. The molecule has 2 aliphatic rings. The topological polar surface area (TPSA) is 67.7 Å². The molecule has 1 saturated carbocycles. The summed E-state index contributed by atoms with van der Waals surface area (Å²) in [4.78, 5) is 5.55. The van der Waals surface area contributed by atoms with E-state index in [2.05, 4.69) is 16.5 Å². The molecule has 0 spiro atoms. The van der Waals surface area contributed by atoms with Gasteiger partial charge in [-0.25, -0.2) is 0 Å². The largest absolute Gasteiger partial charge is 0.379 e. The summed E-state index contributed by atoms with van der Waals surface area (Å²) < 4.78 is 5.22. The second kappa shape index (κ2) is 13.6. The third-order valence-electron chi connectivity index (χ3n) is 6.44. The van der Waals surface area contributed by atoms with Gasteiger partial charge in [-0.1, -0.05) is 78.5 Å². The van der Waals surface area contributed by atoms with Gasteiger partial charge in [-0.15, -0.1) is 0 Å². The van der Waals surface area contributed by atoms with E-state index >= 15 is 0 Å². The molecule has 4 rings (SSSR count). The molecule has 6 heteroatoms. The number of ether oxygens (including phenoxy) is 1. The SMILES string of the molecule is CCOCc1ccc(Cl)cc1.C[NH2+]CC1=CCC(C(O)(c2ccccc2)C2CCCCC2)=NO1. The van der Waals surface area contributed by atoms with Crippen LogP contribution in [0.2, 0.25) is 5.02 Å². The number of allylic oxidation sites excluding steroid dienone is 1. The summed E-state index contributed by atoms with van der Waals surface area (Å²) >= 11 is 5.70. The van der Waals surface area contributed by atoms with Crippen LogP contribution in [0, 0.1) is 5.92 Å². The summed E-state index contributed by atoms with van der Waals surface area (Å²) in [6.07, 6.45) is 8.43. The van der Waals surface area contributed by atoms with Crippen LogP contribution in [0.15, 0.2) is 71.6 Å². The Morgan fingerprint density at radius 3 is 2.38 bits per heavy atom. The molecule has 0 amide bonds. The standard InChI is InChI=1S/C19H26N2O2.C9H11ClO/c1-20-14-17-12-13-18(21-23-17)19(22,15-8-4-2-5-9-15)16-10-6-3-7-11-16;1-2-11-7-8-3-5-9(10)6-4-8/h2,4-5,8-9,12,16,20,22H,3,6-7,10-11,13-14H2,1H3;3-6H,2,7H2,1H3/p+1. The highest BCUT2D eigenvalue weighted by atomic mass is 35.5. The quantitative estimate of drug-likeness (QED) is 0.541. The maximum Gasteiger partial charge on any atom is 0.185 e. The summed E-state index contributed by atoms with van der Waals surface area (Å²) in [5, 5.41) is 18.9. The van der Waals surface area contributed by atoms with Crippen LogP contribution in [-0.2, 0) is 21.8 Å². The maximum atomic E-state index is 11.7. The Morgan fingerprint density at radius 1 is 1.09 bits per heavy atom. The number of nitrogens with two attached hydrogens (primary N) is 1. The predicted molar refractivity (Wildman–Crippen MR) is 138 cm³/mol. The molecule has 1 fully saturated rings. The number of nitrogens with zero attached hydrogens (tertiary/aromatic N) is 1. The Kier molecular flexibility index (Phi) is 10.6. The van der Waals surface area contributed by atoms with E-state index < -0.39 is 5.60 Å². The Labute approximate surface area is 208 Å². The van der Waals surface area contributed by atoms with Gasteiger partial charge in [0.05, 0.1) is 19.4 Å². The molecule has 1 unspecified atom stereocenters. The minimum absolute atomic E-state index is 0.216. The number of rotatable bonds is 8. The van der Waals surface area contributed by atoms with Crippen LogP contribution in [-0.4, -0.2) is 31.0 Å². The van der Waals surface area contributed by atoms with Crippen molar-refractivity contribution in [2.24, 2.45) is 11.1 Å². The minimum Gasteiger partial charge on any atom is -0.379 e. The van der Waals surface area contributed by atoms with Gasteiger partial charge in [0.15, 0.2) is 5.76 Å². The van der Waals surface area contributed by atoms with Crippen molar-refractivity contribution >= 4 is 17.3 Å². The van der Waals surface area contributed by atoms with E-state index in [4.69, 9.17) is 21.2 Å². The lowest BCUT2D eigenvalue weighted by atomic mass is 9.70. The van der Waals surface area contributed by atoms with Crippen molar-refractivity contribution in [3.05, 3.63) is 82.6 Å². The summed E-state index contributed by atoms with van der Waals surface area (Å²) in [5.41, 5.74) is 1.83. The van der Waals surface area contributed by atoms with Crippen molar-refractivity contribution in [1.29, 1.82) is 0 Å². The Bertz CT molecular complexity index is 924. The van der Waals surface area contributed by atoms with Gasteiger partial charge in [0.25, 0.3) is 0 Å². The summed E-state index contributed by atoms with van der Waals surface area (Å²) in [6, 6.07) is 17.7. The molecule has 184 valence electrons. The number of likely N-dealkylation sites (N-methyl/N-ethyl adjacent to an activating group) is 1. The Morgan fingerprint density at radius 2 is 1.79 bits per heavy atom. The molecular weight excluding hydrogens is 448 g/mol. The van der Waals surface area contributed by atoms with Crippen molar-refractivity contribution < 1.29 is 20.0 Å². The highest BCUT2D eigenvalue weighted by Gasteiger charge is 2.44. The third-order valence-corrected chi connectivity index (χ3v) is 6.69. The van der Waals surface area contributed by atoms with Gasteiger partial charge in [0.2, 0.25) is 0 Å². The highest BCUT2D eigenvalue weighted by molar-refractivity contribution is 6.30. The first kappa shape index (κ1) is 26.4. The van der Waals surface area contributed by atoms with Gasteiger partial charge in [-0.05, 0) is 55.0 Å². The number of hydrogen-bond acceptors (Lipinski definition) is 4. The van der Waals surface area contributed by atoms with E-state index in [0.29, 0.717) is 13.0 Å². The van der Waals surface area contributed by atoms with Crippen LogP contribution in [0.1, 0.15) is 56.6 Å². The third kappa shape index (κ3) is 7.16. The van der Waals surface area contributed by atoms with Crippen molar-refractivity contribution in [3.63, 3.8) is 0 Å². The molecule has 1 heterocycles. The molecule has 1 atom stereocenters. The maximum absolute atomic E-state index is 11.7. The summed E-state index contributed by atoms with van der Waals surface area (Å²) in [6.45, 7) is 4.19. The van der Waals surface area contributed by atoms with Gasteiger partial charge in [-0.2, -0.15) is 0 Å². The molecule has 0 bridgehead atoms. The summed E-state index contributed by atoms with van der Waals surface area (Å²) in [7, 11) is 2.01. The Balaban J connectivity index is 0.000000248. The molecule has 34 heavy (non-hydrogen) atoms. The van der Waals surface area contributed by atoms with Gasteiger partial charge >= 0.3 is 0 Å². The molecule has 0 saturated heterocycles. The molecule has 2 aromatic rings. The lowest BCUT2D eigenvalue weighted by molar-refractivity contribution is -0.622. The van der Waals surface area contributed by atoms with Crippen molar-refractivity contribution in [3.8, 4) is 0 Å². The average molecular weight is 486 g/mol. The van der Waals surface area contributed by atoms with Crippen LogP contribution < -0.4 is 5.32 Å². The average Bonchev–Trinajstić information content (AvgIpc) is 2.90. The van der Waals surface area contributed by atoms with E-state index in [1.54, 1.807) is 0 Å². The lowest BCUT2D eigenvalue weighted by Crippen LogP contribution is -2.80. The normalized spacial score (nSPS) is 18.0. The monoisotopic (exact) mass is 485 g/mol. The van der Waals surface area contributed by atoms with Crippen LogP contribution in [0.3, 0.4) is 0 Å². The molecule has 0 aromatic heterocycles. The number of quaternary nitrogens is 1. The first-order valence-corrected chi connectivity index (χ1v) is 12.8. The highest BCUT2D eigenvalue weighted by Crippen LogP contribution is 2.42. The van der Waals surface area contributed by atoms with Crippen molar-refractivity contribution in [2.75, 3.05) is 20.2 Å². The zero-order valence-corrected chi connectivity index (χ0v) is 21.1. The zero-order valence-electron chi connectivity index (χ0n) is 20.4. The van der Waals surface area contributed by atoms with E-state index in [1.165, 1.54) is 19.3 Å². The number of halogens is 1. The molecule has 1 aliphatic carbocycles. The summed E-state index contributed by atoms with van der Waals surface area (Å²) in [5.74, 6) is 1.09. The number of hydrogen-bond donors (Lipinski definition) is 2. The van der Waals surface area contributed by atoms with Gasteiger partial charge in [0, 0.05) is 18.1 Å². The van der Waals surface area contributed by atoms with E-state index in [-0.39, 0.29) is 5.92 Å². The lowest BCUT2D eigenvalue weighted by Gasteiger charge is -2.40. The fraction of sp³-hybridized carbons (Fsp3) is 0.464. The first-order chi connectivity index (χ1) is 16.6. The van der Waals surface area contributed by atoms with E-state index in [0.717, 1.165) is 53.6 Å². The van der Waals surface area contributed by atoms with Gasteiger partial charge in [-0.3, -0.25) is 0 Å². The van der Waals surface area contributed by atoms with Crippen molar-refractivity contribution in [2.45, 2.75) is 57.7 Å². The van der Waals surface area contributed by atoms with Gasteiger partial charge < -0.3 is 20.0 Å². The van der Waals surface area contributed by atoms with Gasteiger partial charge in [0.1, 0.15) is 12.1 Å². The zero-order chi connectivity index (χ0) is 24.2. The second-order valence-electron chi connectivity index (χ2n) is 8.85. The van der Waals surface area contributed by atoms with Crippen molar-refractivity contribution in [1.82, 2.24) is 0 Å². The second-order valence-corrected chi connectivity index (χ2v) is 9.28. The number of oxime groups is 1. The Hall–Kier alpha value is -2.18. The number of benzene rings is 2. The molecule has 1 aliphatic heterocycles. The first-order valence-electron chi connectivity index (χ1n) is 12.4. The fourth-order valence-corrected chi connectivity index (χ4v) is 4.72. The van der Waals surface area contributed by atoms with Crippen LogP contribution in [0.4, 0.5) is 0 Å². The number of aliphatic hydroxyl groups is 1. The van der Waals surface area contributed by atoms with Crippen LogP contribution in [0.25, 0.3) is 0 Å². The van der Waals surface area contributed by atoms with E-state index in [1.807, 2.05) is 68.6 Å². The van der Waals surface area contributed by atoms with Crippen LogP contribution in [0.5, 0.6) is 0 Å². The smallest absolute Gasteiger partial charge is 0.185 e. The molecule has 0 radical (unpaired) electrons. The van der Waals surface area contributed by atoms with Crippen LogP contribution >= 0.6 is 11.6 Å². The molecule has 3 N–H and O–H groups in total. The molecular formula is C28H38ClN2O3+. The minimum atomic E-state index is -1.01. The van der Waals surface area contributed by atoms with E-state index in [9.17, 15) is 5.11 Å². The predicted octanol–water partition coefficient (Wildman–Crippen LogP) is 5.18. The molecule has 2 aromatic carbocycles. The molecule has 5 nitrogen and oxygen atoms in total.